The Balaban J connectivity index is 1.47. The summed E-state index contributed by atoms with van der Waals surface area (Å²) in [4.78, 5) is 12.8. The van der Waals surface area contributed by atoms with Crippen molar-refractivity contribution in [1.82, 2.24) is 10.2 Å². The van der Waals surface area contributed by atoms with Crippen molar-refractivity contribution in [2.75, 3.05) is 13.1 Å². The van der Waals surface area contributed by atoms with E-state index < -0.39 is 0 Å². The normalized spacial score (nSPS) is 24.6. The van der Waals surface area contributed by atoms with Crippen molar-refractivity contribution < 1.29 is 4.92 Å². The number of nitro groups is 1. The van der Waals surface area contributed by atoms with Crippen LogP contribution in [0.15, 0.2) is 11.4 Å². The van der Waals surface area contributed by atoms with Crippen LogP contribution >= 0.6 is 11.3 Å². The molecule has 3 rings (SSSR count). The van der Waals surface area contributed by atoms with Gasteiger partial charge in [0.05, 0.1) is 4.92 Å². The van der Waals surface area contributed by atoms with Gasteiger partial charge in [0.1, 0.15) is 0 Å². The van der Waals surface area contributed by atoms with Crippen LogP contribution in [0.25, 0.3) is 0 Å². The fraction of sp³-hybridized carbons (Fsp3) is 0.667. The smallest absolute Gasteiger partial charge is 0.309 e. The number of hydrogen-bond acceptors (Lipinski definition) is 5. The Kier molecular flexibility index (Phi) is 3.32. The quantitative estimate of drug-likeness (QED) is 0.654. The van der Waals surface area contributed by atoms with Crippen LogP contribution in [0.3, 0.4) is 0 Å². The lowest BCUT2D eigenvalue weighted by atomic mass is 10.2. The van der Waals surface area contributed by atoms with Gasteiger partial charge in [-0.3, -0.25) is 15.0 Å². The highest BCUT2D eigenvalue weighted by molar-refractivity contribution is 7.13. The zero-order chi connectivity index (χ0) is 12.5. The maximum absolute atomic E-state index is 10.6. The monoisotopic (exact) mass is 267 g/mol. The van der Waals surface area contributed by atoms with Gasteiger partial charge in [-0.05, 0) is 24.8 Å². The number of nitrogens with zero attached hydrogens (tertiary/aromatic N) is 2. The van der Waals surface area contributed by atoms with Crippen molar-refractivity contribution in [3.63, 3.8) is 0 Å². The number of hydrogen-bond donors (Lipinski definition) is 1. The average molecular weight is 267 g/mol. The Morgan fingerprint density at radius 3 is 3.00 bits per heavy atom. The van der Waals surface area contributed by atoms with Crippen LogP contribution in [0.1, 0.15) is 24.8 Å². The molecule has 1 aliphatic carbocycles. The summed E-state index contributed by atoms with van der Waals surface area (Å²) in [5.41, 5.74) is 1.02. The van der Waals surface area contributed by atoms with Crippen LogP contribution < -0.4 is 5.32 Å². The molecule has 6 heteroatoms. The van der Waals surface area contributed by atoms with Gasteiger partial charge in [0.25, 0.3) is 0 Å². The molecule has 1 aliphatic heterocycles. The molecule has 1 aromatic heterocycles. The van der Waals surface area contributed by atoms with E-state index in [0.717, 1.165) is 24.7 Å². The molecule has 0 aromatic carbocycles. The lowest BCUT2D eigenvalue weighted by Crippen LogP contribution is -2.32. The lowest BCUT2D eigenvalue weighted by Gasteiger charge is -2.15. The van der Waals surface area contributed by atoms with Crippen molar-refractivity contribution in [3.8, 4) is 0 Å². The molecule has 0 amide bonds. The highest BCUT2D eigenvalue weighted by Crippen LogP contribution is 2.30. The van der Waals surface area contributed by atoms with Crippen LogP contribution in [-0.4, -0.2) is 35.0 Å². The first-order valence-electron chi connectivity index (χ1n) is 6.41. The largest absolute Gasteiger partial charge is 0.324 e. The number of rotatable bonds is 5. The lowest BCUT2D eigenvalue weighted by molar-refractivity contribution is -0.380. The fourth-order valence-electron chi connectivity index (χ4n) is 2.54. The summed E-state index contributed by atoms with van der Waals surface area (Å²) in [6, 6.07) is 3.06. The minimum atomic E-state index is -0.321. The first-order valence-corrected chi connectivity index (χ1v) is 7.29. The maximum Gasteiger partial charge on any atom is 0.324 e. The van der Waals surface area contributed by atoms with Gasteiger partial charge in [0.2, 0.25) is 0 Å². The third-order valence-corrected chi connectivity index (χ3v) is 4.63. The van der Waals surface area contributed by atoms with E-state index in [-0.39, 0.29) is 9.92 Å². The highest BCUT2D eigenvalue weighted by atomic mass is 32.1. The minimum absolute atomic E-state index is 0.234. The Morgan fingerprint density at radius 1 is 1.50 bits per heavy atom. The molecule has 0 spiro atoms. The first kappa shape index (κ1) is 12.1. The van der Waals surface area contributed by atoms with Gasteiger partial charge in [-0.2, -0.15) is 0 Å². The second kappa shape index (κ2) is 4.95. The molecule has 1 atom stereocenters. The van der Waals surface area contributed by atoms with E-state index in [2.05, 4.69) is 10.2 Å². The van der Waals surface area contributed by atoms with Crippen molar-refractivity contribution in [2.45, 2.75) is 37.9 Å². The SMILES string of the molecule is O=[N+]([O-])c1cc(CNC2CCN(C3CC3)C2)cs1. The molecule has 18 heavy (non-hydrogen) atoms. The Hall–Kier alpha value is -0.980. The molecular weight excluding hydrogens is 250 g/mol. The second-order valence-electron chi connectivity index (χ2n) is 5.14. The van der Waals surface area contributed by atoms with E-state index in [1.165, 1.54) is 37.1 Å². The van der Waals surface area contributed by atoms with E-state index in [4.69, 9.17) is 0 Å². The number of nitrogens with one attached hydrogen (secondary N) is 1. The number of thiophene rings is 1. The predicted molar refractivity (Wildman–Crippen MR) is 70.8 cm³/mol. The molecule has 0 bridgehead atoms. The van der Waals surface area contributed by atoms with E-state index in [9.17, 15) is 10.1 Å². The summed E-state index contributed by atoms with van der Waals surface area (Å²) in [6.45, 7) is 3.08. The van der Waals surface area contributed by atoms with E-state index in [1.807, 2.05) is 5.38 Å². The molecule has 0 radical (unpaired) electrons. The van der Waals surface area contributed by atoms with Gasteiger partial charge >= 0.3 is 5.00 Å². The fourth-order valence-corrected chi connectivity index (χ4v) is 3.27. The summed E-state index contributed by atoms with van der Waals surface area (Å²) in [5.74, 6) is 0. The minimum Gasteiger partial charge on any atom is -0.309 e. The standard InChI is InChI=1S/C12H17N3O2S/c16-15(17)12-5-9(8-18-12)6-13-10-3-4-14(7-10)11-1-2-11/h5,8,10-11,13H,1-4,6-7H2. The molecular formula is C12H17N3O2S. The maximum atomic E-state index is 10.6. The third-order valence-electron chi connectivity index (χ3n) is 3.70. The summed E-state index contributed by atoms with van der Waals surface area (Å²) in [5, 5.41) is 16.2. The third kappa shape index (κ3) is 2.71. The van der Waals surface area contributed by atoms with Crippen LogP contribution in [-0.2, 0) is 6.54 Å². The van der Waals surface area contributed by atoms with Gasteiger partial charge < -0.3 is 5.32 Å². The molecule has 2 fully saturated rings. The molecule has 1 unspecified atom stereocenters. The second-order valence-corrected chi connectivity index (χ2v) is 6.03. The summed E-state index contributed by atoms with van der Waals surface area (Å²) < 4.78 is 0. The first-order chi connectivity index (χ1) is 8.72. The molecule has 1 saturated carbocycles. The van der Waals surface area contributed by atoms with E-state index in [0.29, 0.717) is 6.04 Å². The predicted octanol–water partition coefficient (Wildman–Crippen LogP) is 1.98. The van der Waals surface area contributed by atoms with Gasteiger partial charge in [-0.1, -0.05) is 11.3 Å². The van der Waals surface area contributed by atoms with E-state index in [1.54, 1.807) is 6.07 Å². The summed E-state index contributed by atoms with van der Waals surface area (Å²) in [7, 11) is 0. The average Bonchev–Trinajstić information content (AvgIpc) is 2.92. The highest BCUT2D eigenvalue weighted by Gasteiger charge is 2.34. The molecule has 2 heterocycles. The molecule has 1 N–H and O–H groups in total. The Labute approximate surface area is 110 Å². The molecule has 2 aliphatic rings. The number of likely N-dealkylation sites (tertiary alicyclic amines) is 1. The zero-order valence-corrected chi connectivity index (χ0v) is 11.0. The van der Waals surface area contributed by atoms with Gasteiger partial charge in [-0.15, -0.1) is 0 Å². The van der Waals surface area contributed by atoms with E-state index >= 15 is 0 Å². The Morgan fingerprint density at radius 2 is 2.33 bits per heavy atom. The van der Waals surface area contributed by atoms with Crippen molar-refractivity contribution in [3.05, 3.63) is 27.1 Å². The van der Waals surface area contributed by atoms with Gasteiger partial charge in [0.15, 0.2) is 0 Å². The van der Waals surface area contributed by atoms with Crippen molar-refractivity contribution in [2.24, 2.45) is 0 Å². The van der Waals surface area contributed by atoms with Crippen LogP contribution in [0.5, 0.6) is 0 Å². The van der Waals surface area contributed by atoms with Crippen LogP contribution in [0.2, 0.25) is 0 Å². The van der Waals surface area contributed by atoms with Crippen LogP contribution in [0.4, 0.5) is 5.00 Å². The molecule has 98 valence electrons. The van der Waals surface area contributed by atoms with Crippen molar-refractivity contribution in [1.29, 1.82) is 0 Å². The molecule has 5 nitrogen and oxygen atoms in total. The van der Waals surface area contributed by atoms with Crippen LogP contribution in [0, 0.1) is 10.1 Å². The summed E-state index contributed by atoms with van der Waals surface area (Å²) in [6.07, 6.45) is 3.93. The van der Waals surface area contributed by atoms with Crippen molar-refractivity contribution >= 4 is 16.3 Å². The molecule has 1 saturated heterocycles. The topological polar surface area (TPSA) is 58.4 Å². The molecule has 1 aromatic rings. The Bertz CT molecular complexity index is 444. The zero-order valence-electron chi connectivity index (χ0n) is 10.2. The van der Waals surface area contributed by atoms with Gasteiger partial charge in [0, 0.05) is 43.2 Å². The van der Waals surface area contributed by atoms with Gasteiger partial charge in [-0.25, -0.2) is 0 Å². The summed E-state index contributed by atoms with van der Waals surface area (Å²) >= 11 is 1.21.